The summed E-state index contributed by atoms with van der Waals surface area (Å²) in [5.41, 5.74) is 1.80. The molecule has 4 rings (SSSR count). The van der Waals surface area contributed by atoms with Crippen LogP contribution in [0.4, 0.5) is 0 Å². The average molecular weight is 362 g/mol. The molecule has 0 N–H and O–H groups in total. The summed E-state index contributed by atoms with van der Waals surface area (Å²) in [7, 11) is 0. The third-order valence-electron chi connectivity index (χ3n) is 3.98. The molecule has 1 saturated carbocycles. The molecule has 2 heterocycles. The van der Waals surface area contributed by atoms with E-state index in [2.05, 4.69) is 10.2 Å². The van der Waals surface area contributed by atoms with Gasteiger partial charge in [0.2, 0.25) is 5.89 Å². The van der Waals surface area contributed by atoms with Gasteiger partial charge in [-0.2, -0.15) is 0 Å². The van der Waals surface area contributed by atoms with Crippen molar-refractivity contribution < 1.29 is 13.9 Å². The molecule has 0 unspecified atom stereocenters. The van der Waals surface area contributed by atoms with E-state index in [0.29, 0.717) is 27.8 Å². The van der Waals surface area contributed by atoms with Gasteiger partial charge in [-0.1, -0.05) is 12.1 Å². The Hall–Kier alpha value is -1.47. The van der Waals surface area contributed by atoms with Crippen molar-refractivity contribution in [2.45, 2.75) is 36.4 Å². The van der Waals surface area contributed by atoms with Crippen LogP contribution >= 0.6 is 23.5 Å². The molecule has 1 aliphatic heterocycles. The molecule has 2 aliphatic rings. The van der Waals surface area contributed by atoms with Crippen molar-refractivity contribution in [2.75, 3.05) is 11.5 Å². The molecular weight excluding hydrogens is 344 g/mol. The highest BCUT2D eigenvalue weighted by atomic mass is 32.2. The van der Waals surface area contributed by atoms with E-state index in [4.69, 9.17) is 9.15 Å². The molecule has 0 spiro atoms. The van der Waals surface area contributed by atoms with Crippen LogP contribution in [0.5, 0.6) is 0 Å². The molecule has 0 radical (unpaired) electrons. The lowest BCUT2D eigenvalue weighted by Gasteiger charge is -2.21. The Morgan fingerprint density at radius 1 is 1.17 bits per heavy atom. The van der Waals surface area contributed by atoms with Gasteiger partial charge < -0.3 is 9.15 Å². The van der Waals surface area contributed by atoms with Crippen LogP contribution in [-0.4, -0.2) is 27.7 Å². The number of rotatable bonds is 5. The Morgan fingerprint density at radius 3 is 2.62 bits per heavy atom. The Bertz CT molecular complexity index is 707. The molecule has 1 aromatic heterocycles. The summed E-state index contributed by atoms with van der Waals surface area (Å²) in [4.78, 5) is 12.1. The summed E-state index contributed by atoms with van der Waals surface area (Å²) < 4.78 is 11.2. The van der Waals surface area contributed by atoms with E-state index in [9.17, 15) is 4.79 Å². The molecule has 0 atom stereocenters. The number of carbonyl (C=O) groups is 1. The predicted octanol–water partition coefficient (Wildman–Crippen LogP) is 4.17. The fraction of sp³-hybridized carbons (Fsp3) is 0.471. The first-order valence-electron chi connectivity index (χ1n) is 8.12. The molecule has 5 nitrogen and oxygen atoms in total. The number of hydrogen-bond acceptors (Lipinski definition) is 7. The van der Waals surface area contributed by atoms with Crippen LogP contribution in [0.25, 0.3) is 0 Å². The van der Waals surface area contributed by atoms with Crippen molar-refractivity contribution >= 4 is 29.5 Å². The fourth-order valence-corrected chi connectivity index (χ4v) is 5.38. The number of esters is 1. The zero-order chi connectivity index (χ0) is 16.4. The first-order valence-corrected chi connectivity index (χ1v) is 10.2. The maximum Gasteiger partial charge on any atom is 0.338 e. The van der Waals surface area contributed by atoms with Crippen molar-refractivity contribution in [3.05, 3.63) is 47.2 Å². The molecule has 2 fully saturated rings. The maximum absolute atomic E-state index is 12.1. The standard InChI is InChI=1S/C17H18N2O3S2/c20-16(21-10-14-18-19-15(22-14)11-2-3-11)12-4-6-13(7-5-12)17-23-8-1-9-24-17/h4-7,11,17H,1-3,8-10H2. The van der Waals surface area contributed by atoms with E-state index in [1.807, 2.05) is 47.8 Å². The van der Waals surface area contributed by atoms with Gasteiger partial charge in [0.15, 0.2) is 6.61 Å². The molecule has 1 saturated heterocycles. The molecule has 2 aromatic rings. The molecule has 24 heavy (non-hydrogen) atoms. The van der Waals surface area contributed by atoms with Crippen molar-refractivity contribution in [3.8, 4) is 0 Å². The van der Waals surface area contributed by atoms with Gasteiger partial charge in [-0.05, 0) is 48.5 Å². The SMILES string of the molecule is O=C(OCc1nnc(C2CC2)o1)c1ccc(C2SCCCS2)cc1. The Labute approximate surface area is 148 Å². The minimum atomic E-state index is -0.364. The van der Waals surface area contributed by atoms with Crippen LogP contribution in [0.15, 0.2) is 28.7 Å². The zero-order valence-electron chi connectivity index (χ0n) is 13.1. The van der Waals surface area contributed by atoms with Crippen LogP contribution < -0.4 is 0 Å². The third-order valence-corrected chi connectivity index (χ3v) is 7.00. The molecule has 0 amide bonds. The first kappa shape index (κ1) is 16.0. The fourth-order valence-electron chi connectivity index (χ4n) is 2.49. The normalized spacial score (nSPS) is 18.5. The lowest BCUT2D eigenvalue weighted by molar-refractivity contribution is 0.0436. The summed E-state index contributed by atoms with van der Waals surface area (Å²) in [6.07, 6.45) is 3.48. The van der Waals surface area contributed by atoms with Gasteiger partial charge in [-0.3, -0.25) is 0 Å². The second-order valence-electron chi connectivity index (χ2n) is 5.93. The van der Waals surface area contributed by atoms with Gasteiger partial charge in [0.25, 0.3) is 5.89 Å². The summed E-state index contributed by atoms with van der Waals surface area (Å²) in [5, 5.41) is 7.90. The summed E-state index contributed by atoms with van der Waals surface area (Å²) in [5.74, 6) is 3.47. The van der Waals surface area contributed by atoms with Crippen LogP contribution in [0, 0.1) is 0 Å². The number of carbonyl (C=O) groups excluding carboxylic acids is 1. The van der Waals surface area contributed by atoms with E-state index < -0.39 is 0 Å². The molecule has 126 valence electrons. The second kappa shape index (κ2) is 7.19. The monoisotopic (exact) mass is 362 g/mol. The Morgan fingerprint density at radius 2 is 1.92 bits per heavy atom. The van der Waals surface area contributed by atoms with Gasteiger partial charge in [0.1, 0.15) is 0 Å². The highest BCUT2D eigenvalue weighted by Crippen LogP contribution is 2.43. The van der Waals surface area contributed by atoms with Gasteiger partial charge in [0.05, 0.1) is 10.1 Å². The number of ether oxygens (including phenoxy) is 1. The van der Waals surface area contributed by atoms with Crippen LogP contribution in [0.1, 0.15) is 57.5 Å². The third kappa shape index (κ3) is 3.78. The Balaban J connectivity index is 1.33. The summed E-state index contributed by atoms with van der Waals surface area (Å²) >= 11 is 3.93. The number of benzene rings is 1. The van der Waals surface area contributed by atoms with Crippen molar-refractivity contribution in [3.63, 3.8) is 0 Å². The lowest BCUT2D eigenvalue weighted by Crippen LogP contribution is -2.06. The topological polar surface area (TPSA) is 65.2 Å². The lowest BCUT2D eigenvalue weighted by atomic mass is 10.1. The highest BCUT2D eigenvalue weighted by molar-refractivity contribution is 8.16. The van der Waals surface area contributed by atoms with Crippen LogP contribution in [0.2, 0.25) is 0 Å². The van der Waals surface area contributed by atoms with Crippen LogP contribution in [-0.2, 0) is 11.3 Å². The minimum Gasteiger partial charge on any atom is -0.452 e. The van der Waals surface area contributed by atoms with Crippen molar-refractivity contribution in [1.82, 2.24) is 10.2 Å². The number of hydrogen-bond donors (Lipinski definition) is 0. The molecule has 1 aliphatic carbocycles. The molecule has 0 bridgehead atoms. The van der Waals surface area contributed by atoms with Crippen molar-refractivity contribution in [2.24, 2.45) is 0 Å². The summed E-state index contributed by atoms with van der Waals surface area (Å²) in [6.45, 7) is 0.0225. The smallest absolute Gasteiger partial charge is 0.338 e. The molecule has 1 aromatic carbocycles. The van der Waals surface area contributed by atoms with E-state index in [1.165, 1.54) is 23.5 Å². The minimum absolute atomic E-state index is 0.0225. The van der Waals surface area contributed by atoms with Gasteiger partial charge in [-0.15, -0.1) is 33.7 Å². The first-order chi connectivity index (χ1) is 11.8. The van der Waals surface area contributed by atoms with Crippen LogP contribution in [0.3, 0.4) is 0 Å². The highest BCUT2D eigenvalue weighted by Gasteiger charge is 2.29. The number of thioether (sulfide) groups is 2. The molecular formula is C17H18N2O3S2. The Kier molecular flexibility index (Phi) is 4.80. The van der Waals surface area contributed by atoms with E-state index >= 15 is 0 Å². The largest absolute Gasteiger partial charge is 0.452 e. The number of nitrogens with zero attached hydrogens (tertiary/aromatic N) is 2. The van der Waals surface area contributed by atoms with E-state index in [0.717, 1.165) is 12.8 Å². The van der Waals surface area contributed by atoms with E-state index in [1.54, 1.807) is 0 Å². The summed E-state index contributed by atoms with van der Waals surface area (Å²) in [6, 6.07) is 7.70. The van der Waals surface area contributed by atoms with Crippen molar-refractivity contribution in [1.29, 1.82) is 0 Å². The maximum atomic E-state index is 12.1. The van der Waals surface area contributed by atoms with Gasteiger partial charge in [-0.25, -0.2) is 4.79 Å². The van der Waals surface area contributed by atoms with Gasteiger partial charge >= 0.3 is 5.97 Å². The average Bonchev–Trinajstić information content (AvgIpc) is 3.39. The number of aromatic nitrogens is 2. The second-order valence-corrected chi connectivity index (χ2v) is 8.66. The van der Waals surface area contributed by atoms with Gasteiger partial charge in [0, 0.05) is 5.92 Å². The van der Waals surface area contributed by atoms with E-state index in [-0.39, 0.29) is 12.6 Å². The quantitative estimate of drug-likeness (QED) is 0.739. The zero-order valence-corrected chi connectivity index (χ0v) is 14.8. The molecule has 7 heteroatoms. The predicted molar refractivity (Wildman–Crippen MR) is 94.1 cm³/mol.